The maximum absolute atomic E-state index is 2.42. The van der Waals surface area contributed by atoms with E-state index in [2.05, 4.69) is 155 Å². The maximum Gasteiger partial charge on any atom is 0.0547 e. The lowest BCUT2D eigenvalue weighted by Crippen LogP contribution is -1.94. The molecule has 38 heavy (non-hydrogen) atoms. The molecule has 0 bridgehead atoms. The van der Waals surface area contributed by atoms with E-state index >= 15 is 0 Å². The molecular formula is C36H24N2. The first-order valence-corrected chi connectivity index (χ1v) is 13.0. The van der Waals surface area contributed by atoms with Crippen molar-refractivity contribution in [3.05, 3.63) is 146 Å². The lowest BCUT2D eigenvalue weighted by molar-refractivity contribution is 1.13. The molecule has 0 aliphatic carbocycles. The quantitative estimate of drug-likeness (QED) is 0.236. The van der Waals surface area contributed by atoms with Crippen molar-refractivity contribution in [3.63, 3.8) is 0 Å². The van der Waals surface area contributed by atoms with Crippen molar-refractivity contribution in [1.82, 2.24) is 9.13 Å². The molecule has 0 amide bonds. The molecule has 0 aliphatic heterocycles. The molecule has 0 unspecified atom stereocenters. The number of hydrogen-bond donors (Lipinski definition) is 0. The summed E-state index contributed by atoms with van der Waals surface area (Å²) in [6.45, 7) is 0. The fraction of sp³-hybridized carbons (Fsp3) is 0. The highest BCUT2D eigenvalue weighted by Crippen LogP contribution is 2.38. The minimum Gasteiger partial charge on any atom is -0.317 e. The van der Waals surface area contributed by atoms with Crippen LogP contribution in [0.3, 0.4) is 0 Å². The predicted octanol–water partition coefficient (Wildman–Crippen LogP) is 9.55. The van der Waals surface area contributed by atoms with E-state index in [1.165, 1.54) is 66.0 Å². The lowest BCUT2D eigenvalue weighted by Gasteiger charge is -2.11. The highest BCUT2D eigenvalue weighted by molar-refractivity contribution is 6.18. The summed E-state index contributed by atoms with van der Waals surface area (Å²) in [7, 11) is 0. The Morgan fingerprint density at radius 3 is 1.95 bits per heavy atom. The summed E-state index contributed by atoms with van der Waals surface area (Å²) in [5.41, 5.74) is 8.46. The first-order valence-electron chi connectivity index (χ1n) is 13.0. The van der Waals surface area contributed by atoms with Gasteiger partial charge in [-0.2, -0.15) is 0 Å². The van der Waals surface area contributed by atoms with Gasteiger partial charge in [-0.3, -0.25) is 0 Å². The highest BCUT2D eigenvalue weighted by atomic mass is 15.0. The molecule has 6 aromatic carbocycles. The molecule has 2 heterocycles. The molecule has 0 saturated heterocycles. The molecule has 8 aromatic rings. The molecule has 2 aromatic heterocycles. The number of nitrogens with zero attached hydrogens (tertiary/aromatic N) is 2. The summed E-state index contributed by atoms with van der Waals surface area (Å²) in [5.74, 6) is 0. The zero-order valence-electron chi connectivity index (χ0n) is 20.8. The lowest BCUT2D eigenvalue weighted by atomic mass is 10.0. The molecule has 2 nitrogen and oxygen atoms in total. The Morgan fingerprint density at radius 1 is 0.368 bits per heavy atom. The topological polar surface area (TPSA) is 9.86 Å². The number of hydrogen-bond acceptors (Lipinski definition) is 0. The summed E-state index contributed by atoms with van der Waals surface area (Å²) in [5, 5.41) is 6.35. The molecular weight excluding hydrogens is 460 g/mol. The van der Waals surface area contributed by atoms with E-state index in [0.29, 0.717) is 0 Å². The third-order valence-corrected chi connectivity index (χ3v) is 7.73. The van der Waals surface area contributed by atoms with Gasteiger partial charge in [-0.05, 0) is 76.5 Å². The van der Waals surface area contributed by atoms with Crippen LogP contribution in [-0.4, -0.2) is 9.13 Å². The number of para-hydroxylation sites is 2. The van der Waals surface area contributed by atoms with Crippen LogP contribution in [0.15, 0.2) is 146 Å². The van der Waals surface area contributed by atoms with Crippen molar-refractivity contribution in [1.29, 1.82) is 0 Å². The molecule has 178 valence electrons. The van der Waals surface area contributed by atoms with Gasteiger partial charge in [0.15, 0.2) is 0 Å². The Bertz CT molecular complexity index is 2110. The van der Waals surface area contributed by atoms with Crippen molar-refractivity contribution < 1.29 is 0 Å². The first kappa shape index (κ1) is 21.0. The summed E-state index contributed by atoms with van der Waals surface area (Å²) >= 11 is 0. The molecule has 0 saturated carbocycles. The third-order valence-electron chi connectivity index (χ3n) is 7.73. The molecule has 0 radical (unpaired) electrons. The van der Waals surface area contributed by atoms with Crippen LogP contribution in [0.25, 0.3) is 66.0 Å². The monoisotopic (exact) mass is 484 g/mol. The molecule has 0 N–H and O–H groups in total. The highest BCUT2D eigenvalue weighted by Gasteiger charge is 2.15. The zero-order chi connectivity index (χ0) is 25.1. The average molecular weight is 485 g/mol. The second kappa shape index (κ2) is 8.22. The Morgan fingerprint density at radius 2 is 1.08 bits per heavy atom. The van der Waals surface area contributed by atoms with E-state index in [1.807, 2.05) is 0 Å². The second-order valence-electron chi connectivity index (χ2n) is 9.88. The van der Waals surface area contributed by atoms with Crippen molar-refractivity contribution >= 4 is 43.5 Å². The van der Waals surface area contributed by atoms with Crippen LogP contribution in [0.5, 0.6) is 0 Å². The van der Waals surface area contributed by atoms with Crippen LogP contribution in [-0.2, 0) is 0 Å². The number of rotatable bonds is 3. The smallest absolute Gasteiger partial charge is 0.0547 e. The largest absolute Gasteiger partial charge is 0.317 e. The Labute approximate surface area is 220 Å². The first-order chi connectivity index (χ1) is 18.8. The van der Waals surface area contributed by atoms with Crippen LogP contribution in [0.4, 0.5) is 0 Å². The van der Waals surface area contributed by atoms with E-state index in [0.717, 1.165) is 0 Å². The van der Waals surface area contributed by atoms with Gasteiger partial charge in [-0.15, -0.1) is 0 Å². The van der Waals surface area contributed by atoms with E-state index < -0.39 is 0 Å². The van der Waals surface area contributed by atoms with Crippen LogP contribution in [0.2, 0.25) is 0 Å². The maximum atomic E-state index is 2.42. The number of benzene rings is 6. The summed E-state index contributed by atoms with van der Waals surface area (Å²) < 4.78 is 4.70. The van der Waals surface area contributed by atoms with Gasteiger partial charge in [0, 0.05) is 33.7 Å². The van der Waals surface area contributed by atoms with Gasteiger partial charge >= 0.3 is 0 Å². The van der Waals surface area contributed by atoms with E-state index in [4.69, 9.17) is 0 Å². The van der Waals surface area contributed by atoms with Crippen molar-refractivity contribution in [2.45, 2.75) is 0 Å². The Balaban J connectivity index is 1.43. The zero-order valence-corrected chi connectivity index (χ0v) is 20.8. The van der Waals surface area contributed by atoms with Crippen molar-refractivity contribution in [3.8, 4) is 22.5 Å². The van der Waals surface area contributed by atoms with E-state index in [1.54, 1.807) is 0 Å². The van der Waals surface area contributed by atoms with E-state index in [9.17, 15) is 0 Å². The summed E-state index contributed by atoms with van der Waals surface area (Å²) in [6.07, 6.45) is 2.18. The van der Waals surface area contributed by atoms with Gasteiger partial charge in [0.25, 0.3) is 0 Å². The Kier molecular flexibility index (Phi) is 4.55. The third kappa shape index (κ3) is 3.14. The fourth-order valence-corrected chi connectivity index (χ4v) is 5.96. The van der Waals surface area contributed by atoms with Gasteiger partial charge < -0.3 is 9.13 Å². The van der Waals surface area contributed by atoms with Crippen LogP contribution in [0, 0.1) is 0 Å². The number of aromatic nitrogens is 2. The van der Waals surface area contributed by atoms with Crippen LogP contribution < -0.4 is 0 Å². The molecule has 0 fully saturated rings. The minimum absolute atomic E-state index is 1.17. The average Bonchev–Trinajstić information content (AvgIpc) is 3.56. The molecule has 2 heteroatoms. The van der Waals surface area contributed by atoms with Crippen LogP contribution >= 0.6 is 0 Å². The van der Waals surface area contributed by atoms with Crippen molar-refractivity contribution in [2.24, 2.45) is 0 Å². The number of fused-ring (bicyclic) bond motifs is 6. The van der Waals surface area contributed by atoms with Gasteiger partial charge in [0.1, 0.15) is 0 Å². The van der Waals surface area contributed by atoms with Crippen LogP contribution in [0.1, 0.15) is 0 Å². The Hall–Kier alpha value is -5.08. The van der Waals surface area contributed by atoms with E-state index in [-0.39, 0.29) is 0 Å². The van der Waals surface area contributed by atoms with Gasteiger partial charge in [-0.25, -0.2) is 0 Å². The molecule has 0 atom stereocenters. The standard InChI is InChI=1S/C36H24N2/c1-3-10-25(11-4-1)26-12-9-15-29(22-26)38-35-17-8-7-16-30(35)33-23-27-18-19-34-31(32(27)24-36(33)38)20-21-37(34)28-13-5-2-6-14-28/h1-24H. The van der Waals surface area contributed by atoms with Gasteiger partial charge in [-0.1, -0.05) is 84.9 Å². The molecule has 8 rings (SSSR count). The van der Waals surface area contributed by atoms with Gasteiger partial charge in [0.2, 0.25) is 0 Å². The normalized spacial score (nSPS) is 11.7. The summed E-state index contributed by atoms with van der Waals surface area (Å²) in [4.78, 5) is 0. The molecule has 0 spiro atoms. The van der Waals surface area contributed by atoms with Crippen molar-refractivity contribution in [2.75, 3.05) is 0 Å². The minimum atomic E-state index is 1.17. The fourth-order valence-electron chi connectivity index (χ4n) is 5.96. The predicted molar refractivity (Wildman–Crippen MR) is 161 cm³/mol. The SMILES string of the molecule is c1ccc(-c2cccc(-n3c4ccccc4c4cc5ccc6c(ccn6-c6ccccc6)c5cc43)c2)cc1. The molecule has 0 aliphatic rings. The summed E-state index contributed by atoms with van der Waals surface area (Å²) in [6, 6.07) is 50.3. The van der Waals surface area contributed by atoms with Gasteiger partial charge in [0.05, 0.1) is 16.6 Å². The second-order valence-corrected chi connectivity index (χ2v) is 9.88.